The van der Waals surface area contributed by atoms with Crippen LogP contribution in [-0.2, 0) is 20.2 Å². The van der Waals surface area contributed by atoms with E-state index in [0.29, 0.717) is 13.2 Å². The minimum Gasteiger partial charge on any atom is -0.487 e. The summed E-state index contributed by atoms with van der Waals surface area (Å²) >= 11 is 0. The fourth-order valence-electron chi connectivity index (χ4n) is 2.31. The molecule has 3 aromatic rings. The van der Waals surface area contributed by atoms with Crippen molar-refractivity contribution in [1.29, 1.82) is 0 Å². The summed E-state index contributed by atoms with van der Waals surface area (Å²) in [4.78, 5) is 0. The first-order chi connectivity index (χ1) is 9.78. The molecule has 0 amide bonds. The Morgan fingerprint density at radius 2 is 2.00 bits per heavy atom. The van der Waals surface area contributed by atoms with E-state index in [1.165, 1.54) is 0 Å². The van der Waals surface area contributed by atoms with Crippen molar-refractivity contribution in [2.75, 3.05) is 0 Å². The Hall–Kier alpha value is -2.33. The van der Waals surface area contributed by atoms with Gasteiger partial charge in [-0.25, -0.2) is 0 Å². The average Bonchev–Trinajstić information content (AvgIpc) is 2.82. The maximum atomic E-state index is 5.82. The third-order valence-electron chi connectivity index (χ3n) is 3.34. The Morgan fingerprint density at radius 3 is 2.85 bits per heavy atom. The summed E-state index contributed by atoms with van der Waals surface area (Å²) < 4.78 is 7.70. The molecule has 0 fully saturated rings. The van der Waals surface area contributed by atoms with E-state index >= 15 is 0 Å². The highest BCUT2D eigenvalue weighted by Crippen LogP contribution is 2.20. The molecule has 2 N–H and O–H groups in total. The number of hydrogen-bond acceptors (Lipinski definition) is 3. The van der Waals surface area contributed by atoms with E-state index < -0.39 is 0 Å². The molecule has 0 unspecified atom stereocenters. The number of para-hydroxylation sites is 1. The Labute approximate surface area is 117 Å². The standard InChI is InChI=1S/C16H17N3O/c1-19-16-8-3-2-7-14(16)15(18-19)11-20-13-6-4-5-12(9-13)10-17/h2-9H,10-11,17H2,1H3. The molecule has 0 aliphatic heterocycles. The molecular formula is C16H17N3O. The van der Waals surface area contributed by atoms with Crippen LogP contribution in [0.15, 0.2) is 48.5 Å². The zero-order valence-electron chi connectivity index (χ0n) is 11.4. The summed E-state index contributed by atoms with van der Waals surface area (Å²) in [5.74, 6) is 0.822. The van der Waals surface area contributed by atoms with Gasteiger partial charge >= 0.3 is 0 Å². The highest BCUT2D eigenvalue weighted by Gasteiger charge is 2.08. The third-order valence-corrected chi connectivity index (χ3v) is 3.34. The molecule has 0 aliphatic carbocycles. The molecule has 0 bridgehead atoms. The van der Waals surface area contributed by atoms with Gasteiger partial charge in [0.05, 0.1) is 5.52 Å². The Morgan fingerprint density at radius 1 is 1.15 bits per heavy atom. The highest BCUT2D eigenvalue weighted by atomic mass is 16.5. The van der Waals surface area contributed by atoms with Crippen molar-refractivity contribution >= 4 is 10.9 Å². The first-order valence-electron chi connectivity index (χ1n) is 6.60. The van der Waals surface area contributed by atoms with E-state index in [0.717, 1.165) is 27.9 Å². The largest absolute Gasteiger partial charge is 0.487 e. The van der Waals surface area contributed by atoms with Crippen LogP contribution in [0, 0.1) is 0 Å². The molecule has 20 heavy (non-hydrogen) atoms. The minimum absolute atomic E-state index is 0.454. The van der Waals surface area contributed by atoms with E-state index in [1.54, 1.807) is 0 Å². The fraction of sp³-hybridized carbons (Fsp3) is 0.188. The lowest BCUT2D eigenvalue weighted by Gasteiger charge is -2.06. The average molecular weight is 267 g/mol. The zero-order valence-corrected chi connectivity index (χ0v) is 11.4. The quantitative estimate of drug-likeness (QED) is 0.790. The van der Waals surface area contributed by atoms with Gasteiger partial charge in [0, 0.05) is 19.0 Å². The molecule has 1 heterocycles. The molecule has 0 atom stereocenters. The Bertz CT molecular complexity index is 733. The summed E-state index contributed by atoms with van der Waals surface area (Å²) in [6, 6.07) is 16.0. The number of nitrogens with zero attached hydrogens (tertiary/aromatic N) is 2. The molecule has 102 valence electrons. The molecular weight excluding hydrogens is 250 g/mol. The Balaban J connectivity index is 1.83. The molecule has 4 heteroatoms. The first kappa shape index (κ1) is 12.7. The van der Waals surface area contributed by atoms with Gasteiger partial charge in [0.25, 0.3) is 0 Å². The predicted molar refractivity (Wildman–Crippen MR) is 79.4 cm³/mol. The number of rotatable bonds is 4. The van der Waals surface area contributed by atoms with E-state index in [9.17, 15) is 0 Å². The normalized spacial score (nSPS) is 10.9. The summed E-state index contributed by atoms with van der Waals surface area (Å²) in [5.41, 5.74) is 8.75. The van der Waals surface area contributed by atoms with E-state index in [-0.39, 0.29) is 0 Å². The highest BCUT2D eigenvalue weighted by molar-refractivity contribution is 5.81. The van der Waals surface area contributed by atoms with Gasteiger partial charge in [-0.1, -0.05) is 30.3 Å². The van der Waals surface area contributed by atoms with E-state index in [1.807, 2.05) is 48.1 Å². The van der Waals surface area contributed by atoms with Crippen LogP contribution < -0.4 is 10.5 Å². The molecule has 0 saturated heterocycles. The van der Waals surface area contributed by atoms with Gasteiger partial charge in [-0.15, -0.1) is 0 Å². The maximum Gasteiger partial charge on any atom is 0.133 e. The second-order valence-corrected chi connectivity index (χ2v) is 4.73. The molecule has 4 nitrogen and oxygen atoms in total. The number of hydrogen-bond donors (Lipinski definition) is 1. The predicted octanol–water partition coefficient (Wildman–Crippen LogP) is 2.61. The van der Waals surface area contributed by atoms with Crippen LogP contribution in [-0.4, -0.2) is 9.78 Å². The van der Waals surface area contributed by atoms with Gasteiger partial charge in [-0.05, 0) is 23.8 Å². The summed E-state index contributed by atoms with van der Waals surface area (Å²) in [5, 5.41) is 5.64. The number of ether oxygens (including phenoxy) is 1. The minimum atomic E-state index is 0.454. The van der Waals surface area contributed by atoms with Crippen molar-refractivity contribution in [1.82, 2.24) is 9.78 Å². The second kappa shape index (κ2) is 5.35. The van der Waals surface area contributed by atoms with E-state index in [4.69, 9.17) is 10.5 Å². The summed E-state index contributed by atoms with van der Waals surface area (Å²) in [7, 11) is 1.95. The molecule has 2 aromatic carbocycles. The van der Waals surface area contributed by atoms with Crippen molar-refractivity contribution in [2.45, 2.75) is 13.2 Å². The summed E-state index contributed by atoms with van der Waals surface area (Å²) in [6.07, 6.45) is 0. The number of aryl methyl sites for hydroxylation is 1. The smallest absolute Gasteiger partial charge is 0.133 e. The van der Waals surface area contributed by atoms with Gasteiger partial charge < -0.3 is 10.5 Å². The van der Waals surface area contributed by atoms with Crippen LogP contribution in [0.3, 0.4) is 0 Å². The molecule has 0 radical (unpaired) electrons. The Kier molecular flexibility index (Phi) is 3.39. The van der Waals surface area contributed by atoms with Gasteiger partial charge in [-0.2, -0.15) is 5.10 Å². The van der Waals surface area contributed by atoms with Crippen LogP contribution in [0.25, 0.3) is 10.9 Å². The van der Waals surface area contributed by atoms with Crippen molar-refractivity contribution in [2.24, 2.45) is 12.8 Å². The molecule has 0 aliphatic rings. The topological polar surface area (TPSA) is 53.1 Å². The van der Waals surface area contributed by atoms with Gasteiger partial charge in [-0.3, -0.25) is 4.68 Å². The maximum absolute atomic E-state index is 5.82. The van der Waals surface area contributed by atoms with Crippen molar-refractivity contribution in [3.63, 3.8) is 0 Å². The summed E-state index contributed by atoms with van der Waals surface area (Å²) in [6.45, 7) is 0.971. The van der Waals surface area contributed by atoms with Crippen LogP contribution in [0.5, 0.6) is 5.75 Å². The van der Waals surface area contributed by atoms with E-state index in [2.05, 4.69) is 17.2 Å². The van der Waals surface area contributed by atoms with Gasteiger partial charge in [0.1, 0.15) is 18.1 Å². The lowest BCUT2D eigenvalue weighted by molar-refractivity contribution is 0.301. The number of benzene rings is 2. The first-order valence-corrected chi connectivity index (χ1v) is 6.60. The van der Waals surface area contributed by atoms with Crippen molar-refractivity contribution < 1.29 is 4.74 Å². The monoisotopic (exact) mass is 267 g/mol. The van der Waals surface area contributed by atoms with Crippen LogP contribution in [0.2, 0.25) is 0 Å². The van der Waals surface area contributed by atoms with Gasteiger partial charge in [0.2, 0.25) is 0 Å². The molecule has 0 spiro atoms. The van der Waals surface area contributed by atoms with Crippen LogP contribution in [0.4, 0.5) is 0 Å². The van der Waals surface area contributed by atoms with Gasteiger partial charge in [0.15, 0.2) is 0 Å². The van der Waals surface area contributed by atoms with Crippen molar-refractivity contribution in [3.05, 3.63) is 59.8 Å². The number of aromatic nitrogens is 2. The number of fused-ring (bicyclic) bond motifs is 1. The molecule has 0 saturated carbocycles. The fourth-order valence-corrected chi connectivity index (χ4v) is 2.31. The molecule has 1 aromatic heterocycles. The van der Waals surface area contributed by atoms with Crippen molar-refractivity contribution in [3.8, 4) is 5.75 Å². The molecule has 3 rings (SSSR count). The SMILES string of the molecule is Cn1nc(COc2cccc(CN)c2)c2ccccc21. The van der Waals surface area contributed by atoms with Crippen LogP contribution in [0.1, 0.15) is 11.3 Å². The lowest BCUT2D eigenvalue weighted by Crippen LogP contribution is -2.00. The second-order valence-electron chi connectivity index (χ2n) is 4.73. The third kappa shape index (κ3) is 2.38. The van der Waals surface area contributed by atoms with Crippen LogP contribution >= 0.6 is 0 Å². The number of nitrogens with two attached hydrogens (primary N) is 1. The zero-order chi connectivity index (χ0) is 13.9. The lowest BCUT2D eigenvalue weighted by atomic mass is 10.2.